The Kier molecular flexibility index (Phi) is 5.43. The van der Waals surface area contributed by atoms with Crippen molar-refractivity contribution >= 4 is 110 Å². The number of aryl methyl sites for hydroxylation is 1. The van der Waals surface area contributed by atoms with Crippen LogP contribution in [0.2, 0.25) is 0 Å². The smallest absolute Gasteiger partial charge is 0.253 e. The SMILES string of the molecule is Cc1csc2cc3c(cc12)B1c2c(cccc2N(c2ccc(F)cc2)c2ccc4sc5ccccc5c4c21)N3c1ccc(F)cc1. The van der Waals surface area contributed by atoms with Crippen LogP contribution < -0.4 is 26.2 Å². The Balaban J connectivity index is 1.39. The fourth-order valence-corrected chi connectivity index (χ4v) is 9.71. The predicted octanol–water partition coefficient (Wildman–Crippen LogP) is 9.94. The van der Waals surface area contributed by atoms with Crippen molar-refractivity contribution in [1.29, 1.82) is 0 Å². The second-order valence-corrected chi connectivity index (χ2v) is 14.1. The molecule has 0 bridgehead atoms. The third-order valence-corrected chi connectivity index (χ3v) is 11.8. The van der Waals surface area contributed by atoms with Crippen LogP contribution in [0.3, 0.4) is 0 Å². The van der Waals surface area contributed by atoms with Gasteiger partial charge in [0.1, 0.15) is 11.6 Å². The molecule has 10 rings (SSSR count). The van der Waals surface area contributed by atoms with Crippen molar-refractivity contribution in [1.82, 2.24) is 0 Å². The Morgan fingerprint density at radius 2 is 1.22 bits per heavy atom. The molecule has 2 aliphatic heterocycles. The molecule has 0 spiro atoms. The van der Waals surface area contributed by atoms with Crippen molar-refractivity contribution in [3.8, 4) is 0 Å². The summed E-state index contributed by atoms with van der Waals surface area (Å²) in [6.07, 6.45) is 0. The molecule has 7 heteroatoms. The van der Waals surface area contributed by atoms with Crippen LogP contribution in [0.1, 0.15) is 5.56 Å². The molecule has 0 saturated carbocycles. The summed E-state index contributed by atoms with van der Waals surface area (Å²) in [5.74, 6) is -0.527. The molecule has 2 aliphatic rings. The van der Waals surface area contributed by atoms with Gasteiger partial charge in [-0.1, -0.05) is 30.3 Å². The van der Waals surface area contributed by atoms with E-state index in [1.807, 2.05) is 35.6 Å². The maximum atomic E-state index is 14.3. The van der Waals surface area contributed by atoms with Gasteiger partial charge in [0.2, 0.25) is 0 Å². The second-order valence-electron chi connectivity index (χ2n) is 12.1. The van der Waals surface area contributed by atoms with Crippen LogP contribution in [-0.2, 0) is 0 Å². The van der Waals surface area contributed by atoms with Crippen LogP contribution in [0.4, 0.5) is 42.9 Å². The number of hydrogen-bond acceptors (Lipinski definition) is 4. The summed E-state index contributed by atoms with van der Waals surface area (Å²) in [4.78, 5) is 4.58. The van der Waals surface area contributed by atoms with Crippen molar-refractivity contribution in [2.45, 2.75) is 6.92 Å². The number of hydrogen-bond donors (Lipinski definition) is 0. The zero-order chi connectivity index (χ0) is 30.7. The second kappa shape index (κ2) is 9.52. The molecule has 4 heterocycles. The minimum absolute atomic E-state index is 0.0602. The quantitative estimate of drug-likeness (QED) is 0.175. The van der Waals surface area contributed by atoms with E-state index in [9.17, 15) is 8.78 Å². The molecule has 2 aromatic heterocycles. The fourth-order valence-electron chi connectivity index (χ4n) is 7.63. The number of nitrogens with zero attached hydrogens (tertiary/aromatic N) is 2. The first-order valence-electron chi connectivity index (χ1n) is 15.3. The highest BCUT2D eigenvalue weighted by Crippen LogP contribution is 2.47. The standard InChI is InChI=1S/C39H23BF2N2S2/c1-22-21-45-36-20-33-29(19-28(22)36)40-38-30(6-4-7-31(38)44(33)26-15-11-24(42)12-16-26)43(25-13-9-23(41)10-14-25)32-17-18-35-37(39(32)40)27-5-2-3-8-34(27)46-35/h2-21H,1H3. The van der Waals surface area contributed by atoms with E-state index in [1.165, 1.54) is 76.5 Å². The number of benzene rings is 6. The van der Waals surface area contributed by atoms with Gasteiger partial charge in [-0.2, -0.15) is 0 Å². The summed E-state index contributed by atoms with van der Waals surface area (Å²) in [6, 6.07) is 37.9. The summed E-state index contributed by atoms with van der Waals surface area (Å²) >= 11 is 3.58. The van der Waals surface area contributed by atoms with E-state index in [-0.39, 0.29) is 18.3 Å². The average Bonchev–Trinajstić information content (AvgIpc) is 3.64. The van der Waals surface area contributed by atoms with E-state index in [2.05, 4.69) is 88.8 Å². The zero-order valence-corrected chi connectivity index (χ0v) is 26.2. The molecule has 46 heavy (non-hydrogen) atoms. The molecule has 0 unspecified atom stereocenters. The van der Waals surface area contributed by atoms with E-state index < -0.39 is 0 Å². The Morgan fingerprint density at radius 3 is 1.93 bits per heavy atom. The Hall–Kier alpha value is -4.98. The van der Waals surface area contributed by atoms with Crippen LogP contribution in [0.5, 0.6) is 0 Å². The first kappa shape index (κ1) is 26.3. The van der Waals surface area contributed by atoms with Crippen LogP contribution in [0, 0.1) is 18.6 Å². The summed E-state index contributed by atoms with van der Waals surface area (Å²) in [7, 11) is 0. The largest absolute Gasteiger partial charge is 0.311 e. The molecule has 0 amide bonds. The van der Waals surface area contributed by atoms with Gasteiger partial charge in [0.15, 0.2) is 0 Å². The Morgan fingerprint density at radius 1 is 0.565 bits per heavy atom. The highest BCUT2D eigenvalue weighted by Gasteiger charge is 2.44. The number of fused-ring (bicyclic) bond motifs is 9. The lowest BCUT2D eigenvalue weighted by atomic mass is 9.33. The van der Waals surface area contributed by atoms with E-state index >= 15 is 0 Å². The van der Waals surface area contributed by atoms with Crippen molar-refractivity contribution in [3.63, 3.8) is 0 Å². The summed E-state index contributed by atoms with van der Waals surface area (Å²) < 4.78 is 32.3. The highest BCUT2D eigenvalue weighted by atomic mass is 32.1. The normalized spacial score (nSPS) is 13.4. The molecule has 0 atom stereocenters. The first-order valence-corrected chi connectivity index (χ1v) is 16.9. The van der Waals surface area contributed by atoms with Gasteiger partial charge in [0.25, 0.3) is 6.71 Å². The fraction of sp³-hybridized carbons (Fsp3) is 0.0256. The lowest BCUT2D eigenvalue weighted by Crippen LogP contribution is -2.61. The Labute approximate surface area is 272 Å². The van der Waals surface area contributed by atoms with E-state index in [1.54, 1.807) is 11.3 Å². The maximum Gasteiger partial charge on any atom is 0.253 e. The van der Waals surface area contributed by atoms with Gasteiger partial charge in [-0.25, -0.2) is 8.78 Å². The van der Waals surface area contributed by atoms with Gasteiger partial charge in [-0.3, -0.25) is 0 Å². The monoisotopic (exact) mass is 632 g/mol. The lowest BCUT2D eigenvalue weighted by Gasteiger charge is -2.44. The number of rotatable bonds is 2. The van der Waals surface area contributed by atoms with Crippen LogP contribution in [-0.4, -0.2) is 6.71 Å². The maximum absolute atomic E-state index is 14.3. The lowest BCUT2D eigenvalue weighted by molar-refractivity contribution is 0.627. The molecular formula is C39H23BF2N2S2. The molecule has 0 radical (unpaired) electrons. The van der Waals surface area contributed by atoms with Crippen molar-refractivity contribution in [2.75, 3.05) is 9.80 Å². The van der Waals surface area contributed by atoms with Gasteiger partial charge < -0.3 is 9.80 Å². The molecule has 0 fully saturated rings. The molecule has 218 valence electrons. The van der Waals surface area contributed by atoms with Gasteiger partial charge in [0.05, 0.1) is 0 Å². The summed E-state index contributed by atoms with van der Waals surface area (Å²) in [6.45, 7) is 2.12. The van der Waals surface area contributed by atoms with Crippen molar-refractivity contribution in [3.05, 3.63) is 138 Å². The number of thiophene rings is 2. The summed E-state index contributed by atoms with van der Waals surface area (Å²) in [5.41, 5.74) is 11.0. The van der Waals surface area contributed by atoms with E-state index in [0.29, 0.717) is 0 Å². The molecule has 6 aromatic carbocycles. The van der Waals surface area contributed by atoms with Gasteiger partial charge in [-0.15, -0.1) is 22.7 Å². The van der Waals surface area contributed by atoms with Gasteiger partial charge in [-0.05, 0) is 135 Å². The van der Waals surface area contributed by atoms with Crippen molar-refractivity contribution in [2.24, 2.45) is 0 Å². The van der Waals surface area contributed by atoms with Crippen LogP contribution in [0.15, 0.2) is 121 Å². The predicted molar refractivity (Wildman–Crippen MR) is 193 cm³/mol. The minimum atomic E-state index is -0.264. The molecule has 8 aromatic rings. The topological polar surface area (TPSA) is 6.48 Å². The molecule has 0 N–H and O–H groups in total. The molecule has 0 aliphatic carbocycles. The third-order valence-electron chi connectivity index (χ3n) is 9.56. The van der Waals surface area contributed by atoms with Crippen LogP contribution >= 0.6 is 22.7 Å². The van der Waals surface area contributed by atoms with Gasteiger partial charge >= 0.3 is 0 Å². The van der Waals surface area contributed by atoms with E-state index in [4.69, 9.17) is 0 Å². The molecular weight excluding hydrogens is 609 g/mol. The molecule has 2 nitrogen and oxygen atoms in total. The molecule has 0 saturated heterocycles. The number of anilines is 6. The number of halogens is 2. The first-order chi connectivity index (χ1) is 22.5. The third kappa shape index (κ3) is 3.55. The van der Waals surface area contributed by atoms with E-state index in [0.717, 1.165) is 34.1 Å². The Bertz CT molecular complexity index is 2540. The zero-order valence-electron chi connectivity index (χ0n) is 24.6. The van der Waals surface area contributed by atoms with Crippen molar-refractivity contribution < 1.29 is 8.78 Å². The van der Waals surface area contributed by atoms with Gasteiger partial charge in [0, 0.05) is 48.2 Å². The minimum Gasteiger partial charge on any atom is -0.311 e. The average molecular weight is 633 g/mol. The van der Waals surface area contributed by atoms with Crippen LogP contribution in [0.25, 0.3) is 30.3 Å². The highest BCUT2D eigenvalue weighted by molar-refractivity contribution is 7.26. The summed E-state index contributed by atoms with van der Waals surface area (Å²) in [5, 5.41) is 5.99.